The van der Waals surface area contributed by atoms with E-state index in [2.05, 4.69) is 0 Å². The van der Waals surface area contributed by atoms with E-state index in [9.17, 15) is 9.59 Å². The summed E-state index contributed by atoms with van der Waals surface area (Å²) in [7, 11) is 1.67. The largest absolute Gasteiger partial charge is 0.475 e. The maximum atomic E-state index is 11.7. The van der Waals surface area contributed by atoms with Gasteiger partial charge in [-0.25, -0.2) is 4.79 Å². The van der Waals surface area contributed by atoms with E-state index < -0.39 is 5.97 Å². The van der Waals surface area contributed by atoms with Gasteiger partial charge in [-0.1, -0.05) is 13.3 Å². The van der Waals surface area contributed by atoms with Gasteiger partial charge in [0.15, 0.2) is 5.76 Å². The first-order chi connectivity index (χ1) is 7.56. The van der Waals surface area contributed by atoms with Crippen molar-refractivity contribution < 1.29 is 19.1 Å². The van der Waals surface area contributed by atoms with Gasteiger partial charge in [-0.2, -0.15) is 0 Å². The standard InChI is InChI=1S/C11H15NO4/c1-3-4-7-12(2)10(13)8-5-6-9(16-8)11(14)15/h5-6H,3-4,7H2,1-2H3,(H,14,15). The van der Waals surface area contributed by atoms with Crippen molar-refractivity contribution in [3.63, 3.8) is 0 Å². The lowest BCUT2D eigenvalue weighted by Crippen LogP contribution is -2.27. The van der Waals surface area contributed by atoms with Crippen LogP contribution in [-0.2, 0) is 0 Å². The molecule has 16 heavy (non-hydrogen) atoms. The minimum absolute atomic E-state index is 0.0657. The van der Waals surface area contributed by atoms with Crippen LogP contribution in [0.1, 0.15) is 40.9 Å². The third-order valence-electron chi connectivity index (χ3n) is 2.22. The lowest BCUT2D eigenvalue weighted by molar-refractivity contribution is 0.0653. The predicted octanol–water partition coefficient (Wildman–Crippen LogP) is 1.85. The number of aromatic carboxylic acids is 1. The molecule has 1 rings (SSSR count). The van der Waals surface area contributed by atoms with Crippen LogP contribution in [0.15, 0.2) is 16.5 Å². The van der Waals surface area contributed by atoms with Gasteiger partial charge in [0.2, 0.25) is 5.76 Å². The van der Waals surface area contributed by atoms with E-state index in [1.807, 2.05) is 6.92 Å². The normalized spacial score (nSPS) is 10.1. The number of hydrogen-bond acceptors (Lipinski definition) is 3. The molecular formula is C11H15NO4. The third kappa shape index (κ3) is 2.85. The van der Waals surface area contributed by atoms with Gasteiger partial charge in [-0.05, 0) is 18.6 Å². The summed E-state index contributed by atoms with van der Waals surface area (Å²) in [6.45, 7) is 2.67. The molecule has 1 N–H and O–H groups in total. The van der Waals surface area contributed by atoms with Crippen molar-refractivity contribution in [1.82, 2.24) is 4.90 Å². The Labute approximate surface area is 93.7 Å². The number of unbranched alkanes of at least 4 members (excludes halogenated alkanes) is 1. The first-order valence-electron chi connectivity index (χ1n) is 5.14. The van der Waals surface area contributed by atoms with Gasteiger partial charge in [-0.15, -0.1) is 0 Å². The zero-order chi connectivity index (χ0) is 12.1. The summed E-state index contributed by atoms with van der Waals surface area (Å²) in [6.07, 6.45) is 1.91. The molecule has 0 aliphatic rings. The summed E-state index contributed by atoms with van der Waals surface area (Å²) in [4.78, 5) is 23.8. The Kier molecular flexibility index (Phi) is 4.10. The molecule has 0 aromatic carbocycles. The Hall–Kier alpha value is -1.78. The van der Waals surface area contributed by atoms with Crippen molar-refractivity contribution in [2.24, 2.45) is 0 Å². The Bertz CT molecular complexity index is 383. The molecule has 0 aliphatic carbocycles. The maximum absolute atomic E-state index is 11.7. The highest BCUT2D eigenvalue weighted by molar-refractivity contribution is 5.93. The molecule has 1 aromatic rings. The number of carbonyl (C=O) groups excluding carboxylic acids is 1. The first-order valence-corrected chi connectivity index (χ1v) is 5.14. The quantitative estimate of drug-likeness (QED) is 0.830. The second-order valence-electron chi connectivity index (χ2n) is 3.55. The van der Waals surface area contributed by atoms with Crippen LogP contribution in [-0.4, -0.2) is 35.5 Å². The average molecular weight is 225 g/mol. The molecule has 5 heteroatoms. The molecule has 0 aliphatic heterocycles. The summed E-state index contributed by atoms with van der Waals surface area (Å²) >= 11 is 0. The van der Waals surface area contributed by atoms with Crippen LogP contribution >= 0.6 is 0 Å². The van der Waals surface area contributed by atoms with Gasteiger partial charge < -0.3 is 14.4 Å². The SMILES string of the molecule is CCCCN(C)C(=O)c1ccc(C(=O)O)o1. The van der Waals surface area contributed by atoms with Crippen LogP contribution in [0.3, 0.4) is 0 Å². The number of rotatable bonds is 5. The van der Waals surface area contributed by atoms with Crippen LogP contribution in [0, 0.1) is 0 Å². The summed E-state index contributed by atoms with van der Waals surface area (Å²) in [5.74, 6) is -1.61. The molecule has 0 radical (unpaired) electrons. The fourth-order valence-electron chi connectivity index (χ4n) is 1.25. The molecule has 0 saturated carbocycles. The number of furan rings is 1. The summed E-state index contributed by atoms with van der Waals surface area (Å²) in [5.41, 5.74) is 0. The van der Waals surface area contributed by atoms with Crippen molar-refractivity contribution in [2.45, 2.75) is 19.8 Å². The molecular weight excluding hydrogens is 210 g/mol. The van der Waals surface area contributed by atoms with Crippen molar-refractivity contribution >= 4 is 11.9 Å². The maximum Gasteiger partial charge on any atom is 0.371 e. The summed E-state index contributed by atoms with van der Waals surface area (Å²) in [6, 6.07) is 2.66. The molecule has 5 nitrogen and oxygen atoms in total. The minimum atomic E-state index is -1.17. The summed E-state index contributed by atoms with van der Waals surface area (Å²) in [5, 5.41) is 8.64. The lowest BCUT2D eigenvalue weighted by atomic mass is 10.3. The number of nitrogens with zero attached hydrogens (tertiary/aromatic N) is 1. The van der Waals surface area contributed by atoms with Gasteiger partial charge >= 0.3 is 5.97 Å². The number of carbonyl (C=O) groups is 2. The fourth-order valence-corrected chi connectivity index (χ4v) is 1.25. The molecule has 0 spiro atoms. The van der Waals surface area contributed by atoms with Crippen LogP contribution in [0.25, 0.3) is 0 Å². The van der Waals surface area contributed by atoms with Crippen molar-refractivity contribution in [2.75, 3.05) is 13.6 Å². The number of amides is 1. The van der Waals surface area contributed by atoms with E-state index in [0.717, 1.165) is 12.8 Å². The Morgan fingerprint density at radius 2 is 2.00 bits per heavy atom. The number of hydrogen-bond donors (Lipinski definition) is 1. The monoisotopic (exact) mass is 225 g/mol. The topological polar surface area (TPSA) is 70.8 Å². The third-order valence-corrected chi connectivity index (χ3v) is 2.22. The summed E-state index contributed by atoms with van der Waals surface area (Å²) < 4.78 is 4.92. The predicted molar refractivity (Wildman–Crippen MR) is 57.5 cm³/mol. The van der Waals surface area contributed by atoms with Gasteiger partial charge in [0, 0.05) is 13.6 Å². The molecule has 0 atom stereocenters. The van der Waals surface area contributed by atoms with E-state index in [1.165, 1.54) is 17.0 Å². The van der Waals surface area contributed by atoms with E-state index in [1.54, 1.807) is 7.05 Å². The van der Waals surface area contributed by atoms with E-state index >= 15 is 0 Å². The Morgan fingerprint density at radius 3 is 2.50 bits per heavy atom. The highest BCUT2D eigenvalue weighted by Gasteiger charge is 2.17. The Balaban J connectivity index is 2.68. The average Bonchev–Trinajstić information content (AvgIpc) is 2.74. The van der Waals surface area contributed by atoms with Crippen molar-refractivity contribution in [3.05, 3.63) is 23.7 Å². The highest BCUT2D eigenvalue weighted by Crippen LogP contribution is 2.10. The molecule has 0 fully saturated rings. The van der Waals surface area contributed by atoms with Gasteiger partial charge in [0.25, 0.3) is 5.91 Å². The van der Waals surface area contributed by atoms with Crippen molar-refractivity contribution in [3.8, 4) is 0 Å². The first kappa shape index (κ1) is 12.3. The van der Waals surface area contributed by atoms with Crippen LogP contribution in [0.2, 0.25) is 0 Å². The smallest absolute Gasteiger partial charge is 0.371 e. The number of carboxylic acids is 1. The van der Waals surface area contributed by atoms with Crippen molar-refractivity contribution in [1.29, 1.82) is 0 Å². The second-order valence-corrected chi connectivity index (χ2v) is 3.55. The Morgan fingerprint density at radius 1 is 1.38 bits per heavy atom. The molecule has 0 bridgehead atoms. The highest BCUT2D eigenvalue weighted by atomic mass is 16.4. The van der Waals surface area contributed by atoms with Crippen LogP contribution < -0.4 is 0 Å². The zero-order valence-electron chi connectivity index (χ0n) is 9.40. The van der Waals surface area contributed by atoms with E-state index in [-0.39, 0.29) is 17.4 Å². The molecule has 1 heterocycles. The van der Waals surface area contributed by atoms with E-state index in [0.29, 0.717) is 6.54 Å². The zero-order valence-corrected chi connectivity index (χ0v) is 9.40. The molecule has 88 valence electrons. The van der Waals surface area contributed by atoms with Gasteiger partial charge in [0.05, 0.1) is 0 Å². The second kappa shape index (κ2) is 5.34. The van der Waals surface area contributed by atoms with Crippen LogP contribution in [0.4, 0.5) is 0 Å². The van der Waals surface area contributed by atoms with Crippen LogP contribution in [0.5, 0.6) is 0 Å². The number of carboxylic acid groups (broad SMARTS) is 1. The molecule has 0 unspecified atom stereocenters. The van der Waals surface area contributed by atoms with Gasteiger partial charge in [0.1, 0.15) is 0 Å². The van der Waals surface area contributed by atoms with Gasteiger partial charge in [-0.3, -0.25) is 4.79 Å². The molecule has 1 aromatic heterocycles. The molecule has 0 saturated heterocycles. The lowest BCUT2D eigenvalue weighted by Gasteiger charge is -2.14. The van der Waals surface area contributed by atoms with E-state index in [4.69, 9.17) is 9.52 Å². The minimum Gasteiger partial charge on any atom is -0.475 e. The fraction of sp³-hybridized carbons (Fsp3) is 0.455. The molecule has 1 amide bonds.